The maximum atomic E-state index is 12.3. The molecule has 0 aliphatic rings. The van der Waals surface area contributed by atoms with Gasteiger partial charge in [-0.15, -0.1) is 0 Å². The normalized spacial score (nSPS) is 13.0. The van der Waals surface area contributed by atoms with Gasteiger partial charge in [0.25, 0.3) is 0 Å². The average Bonchev–Trinajstić information content (AvgIpc) is 2.53. The van der Waals surface area contributed by atoms with Gasteiger partial charge >= 0.3 is 0 Å². The Balaban J connectivity index is 2.04. The molecule has 1 atom stereocenters. The molecule has 0 fully saturated rings. The van der Waals surface area contributed by atoms with E-state index in [1.54, 1.807) is 0 Å². The van der Waals surface area contributed by atoms with Crippen LogP contribution in [0.15, 0.2) is 53.4 Å². The van der Waals surface area contributed by atoms with E-state index in [0.29, 0.717) is 18.5 Å². The predicted molar refractivity (Wildman–Crippen MR) is 91.5 cm³/mol. The van der Waals surface area contributed by atoms with Crippen molar-refractivity contribution in [1.82, 2.24) is 4.72 Å². The summed E-state index contributed by atoms with van der Waals surface area (Å²) in [5.74, 6) is 0. The molecule has 6 heteroatoms. The molecule has 0 radical (unpaired) electrons. The summed E-state index contributed by atoms with van der Waals surface area (Å²) in [5.41, 5.74) is 8.38. The number of benzene rings is 2. The van der Waals surface area contributed by atoms with Crippen molar-refractivity contribution in [2.24, 2.45) is 0 Å². The van der Waals surface area contributed by atoms with Crippen LogP contribution in [0.3, 0.4) is 0 Å². The molecule has 0 aromatic heterocycles. The van der Waals surface area contributed by atoms with Crippen LogP contribution >= 0.6 is 0 Å². The molecule has 0 saturated carbocycles. The first kappa shape index (κ1) is 17.5. The number of aliphatic hydroxyl groups is 1. The van der Waals surface area contributed by atoms with Crippen molar-refractivity contribution < 1.29 is 13.5 Å². The number of hydrogen-bond acceptors (Lipinski definition) is 4. The lowest BCUT2D eigenvalue weighted by atomic mass is 10.0. The van der Waals surface area contributed by atoms with Crippen molar-refractivity contribution in [1.29, 1.82) is 0 Å². The average molecular weight is 334 g/mol. The minimum Gasteiger partial charge on any atom is -0.399 e. The lowest BCUT2D eigenvalue weighted by molar-refractivity contribution is 0.250. The van der Waals surface area contributed by atoms with Crippen LogP contribution in [0.2, 0.25) is 0 Å². The fourth-order valence-corrected chi connectivity index (χ4v) is 3.60. The van der Waals surface area contributed by atoms with Gasteiger partial charge in [0.1, 0.15) is 0 Å². The highest BCUT2D eigenvalue weighted by molar-refractivity contribution is 7.89. The van der Waals surface area contributed by atoms with E-state index in [9.17, 15) is 13.5 Å². The number of anilines is 1. The zero-order chi connectivity index (χ0) is 16.9. The second-order valence-corrected chi connectivity index (χ2v) is 7.25. The lowest BCUT2D eigenvalue weighted by Crippen LogP contribution is -2.37. The van der Waals surface area contributed by atoms with E-state index in [1.807, 2.05) is 31.2 Å². The first-order valence-electron chi connectivity index (χ1n) is 7.45. The van der Waals surface area contributed by atoms with Crippen LogP contribution in [-0.2, 0) is 16.4 Å². The third-order valence-electron chi connectivity index (χ3n) is 3.76. The number of nitrogens with two attached hydrogens (primary N) is 1. The molecule has 0 spiro atoms. The van der Waals surface area contributed by atoms with Crippen molar-refractivity contribution in [2.45, 2.75) is 30.7 Å². The standard InChI is InChI=1S/C17H22N2O3S/c1-13-4-2-3-5-14(13)6-9-16(12-20)19-23(21,22)17-10-7-15(18)8-11-17/h2-5,7-8,10-11,16,19-20H,6,9,12,18H2,1H3. The van der Waals surface area contributed by atoms with Gasteiger partial charge in [0, 0.05) is 11.7 Å². The smallest absolute Gasteiger partial charge is 0.240 e. The largest absolute Gasteiger partial charge is 0.399 e. The van der Waals surface area contributed by atoms with E-state index >= 15 is 0 Å². The molecular formula is C17H22N2O3S. The highest BCUT2D eigenvalue weighted by atomic mass is 32.2. The van der Waals surface area contributed by atoms with Crippen molar-refractivity contribution >= 4 is 15.7 Å². The fraction of sp³-hybridized carbons (Fsp3) is 0.294. The minimum atomic E-state index is -3.67. The number of sulfonamides is 1. The molecular weight excluding hydrogens is 312 g/mol. The third kappa shape index (κ3) is 4.79. The van der Waals surface area contributed by atoms with Gasteiger partial charge in [0.15, 0.2) is 0 Å². The van der Waals surface area contributed by atoms with Gasteiger partial charge in [-0.1, -0.05) is 24.3 Å². The first-order chi connectivity index (χ1) is 10.9. The molecule has 0 heterocycles. The fourth-order valence-electron chi connectivity index (χ4n) is 2.34. The minimum absolute atomic E-state index is 0.140. The van der Waals surface area contributed by atoms with E-state index in [0.717, 1.165) is 11.1 Å². The van der Waals surface area contributed by atoms with E-state index in [-0.39, 0.29) is 11.5 Å². The second-order valence-electron chi connectivity index (χ2n) is 5.53. The highest BCUT2D eigenvalue weighted by Crippen LogP contribution is 2.14. The summed E-state index contributed by atoms with van der Waals surface area (Å²) in [7, 11) is -3.67. The predicted octanol–water partition coefficient (Wildman–Crippen LogP) is 1.85. The number of nitrogen functional groups attached to an aromatic ring is 1. The molecule has 0 aliphatic carbocycles. The van der Waals surface area contributed by atoms with Gasteiger partial charge in [-0.2, -0.15) is 0 Å². The Kier molecular flexibility index (Phi) is 5.76. The van der Waals surface area contributed by atoms with E-state index in [2.05, 4.69) is 4.72 Å². The second kappa shape index (κ2) is 7.59. The molecule has 124 valence electrons. The Morgan fingerprint density at radius 1 is 1.13 bits per heavy atom. The van der Waals surface area contributed by atoms with Crippen LogP contribution in [0.1, 0.15) is 17.5 Å². The van der Waals surface area contributed by atoms with Crippen LogP contribution < -0.4 is 10.5 Å². The Bertz CT molecular complexity index is 743. The van der Waals surface area contributed by atoms with Crippen molar-refractivity contribution in [3.8, 4) is 0 Å². The first-order valence-corrected chi connectivity index (χ1v) is 8.94. The van der Waals surface area contributed by atoms with Gasteiger partial charge < -0.3 is 10.8 Å². The Labute approximate surface area is 137 Å². The zero-order valence-electron chi connectivity index (χ0n) is 13.1. The summed E-state index contributed by atoms with van der Waals surface area (Å²) in [5, 5.41) is 9.48. The topological polar surface area (TPSA) is 92.4 Å². The number of aryl methyl sites for hydroxylation is 2. The van der Waals surface area contributed by atoms with Gasteiger partial charge in [-0.25, -0.2) is 13.1 Å². The molecule has 0 amide bonds. The molecule has 4 N–H and O–H groups in total. The molecule has 0 saturated heterocycles. The Morgan fingerprint density at radius 3 is 2.39 bits per heavy atom. The summed E-state index contributed by atoms with van der Waals surface area (Å²) < 4.78 is 27.2. The lowest BCUT2D eigenvalue weighted by Gasteiger charge is -2.17. The highest BCUT2D eigenvalue weighted by Gasteiger charge is 2.19. The zero-order valence-corrected chi connectivity index (χ0v) is 13.9. The number of aliphatic hydroxyl groups excluding tert-OH is 1. The molecule has 2 rings (SSSR count). The quantitative estimate of drug-likeness (QED) is 0.674. The van der Waals surface area contributed by atoms with Crippen LogP contribution in [0.5, 0.6) is 0 Å². The Morgan fingerprint density at radius 2 is 1.78 bits per heavy atom. The van der Waals surface area contributed by atoms with E-state index in [1.165, 1.54) is 24.3 Å². The van der Waals surface area contributed by atoms with Crippen LogP contribution in [0.4, 0.5) is 5.69 Å². The molecule has 23 heavy (non-hydrogen) atoms. The maximum absolute atomic E-state index is 12.3. The summed E-state index contributed by atoms with van der Waals surface area (Å²) in [4.78, 5) is 0.140. The van der Waals surface area contributed by atoms with E-state index in [4.69, 9.17) is 5.73 Å². The molecule has 2 aromatic rings. The Hall–Kier alpha value is -1.89. The van der Waals surface area contributed by atoms with Gasteiger partial charge in [0.2, 0.25) is 10.0 Å². The van der Waals surface area contributed by atoms with Gasteiger partial charge in [-0.3, -0.25) is 0 Å². The van der Waals surface area contributed by atoms with Crippen LogP contribution in [0.25, 0.3) is 0 Å². The van der Waals surface area contributed by atoms with Crippen molar-refractivity contribution in [2.75, 3.05) is 12.3 Å². The number of nitrogens with one attached hydrogen (secondary N) is 1. The SMILES string of the molecule is Cc1ccccc1CCC(CO)NS(=O)(=O)c1ccc(N)cc1. The molecule has 2 aromatic carbocycles. The summed E-state index contributed by atoms with van der Waals surface area (Å²) >= 11 is 0. The maximum Gasteiger partial charge on any atom is 0.240 e. The number of rotatable bonds is 7. The summed E-state index contributed by atoms with van der Waals surface area (Å²) in [6, 6.07) is 13.4. The number of hydrogen-bond donors (Lipinski definition) is 3. The van der Waals surface area contributed by atoms with Gasteiger partial charge in [0.05, 0.1) is 11.5 Å². The van der Waals surface area contributed by atoms with E-state index < -0.39 is 16.1 Å². The molecule has 1 unspecified atom stereocenters. The van der Waals surface area contributed by atoms with Crippen molar-refractivity contribution in [3.05, 3.63) is 59.7 Å². The monoisotopic (exact) mass is 334 g/mol. The van der Waals surface area contributed by atoms with Crippen LogP contribution in [-0.4, -0.2) is 26.2 Å². The molecule has 0 aliphatic heterocycles. The molecule has 0 bridgehead atoms. The van der Waals surface area contributed by atoms with Crippen molar-refractivity contribution in [3.63, 3.8) is 0 Å². The van der Waals surface area contributed by atoms with Gasteiger partial charge in [-0.05, 0) is 55.2 Å². The van der Waals surface area contributed by atoms with Crippen LogP contribution in [0, 0.1) is 6.92 Å². The summed E-state index contributed by atoms with van der Waals surface area (Å²) in [6.07, 6.45) is 1.22. The molecule has 5 nitrogen and oxygen atoms in total. The summed E-state index contributed by atoms with van der Waals surface area (Å²) in [6.45, 7) is 1.77. The third-order valence-corrected chi connectivity index (χ3v) is 5.29.